The summed E-state index contributed by atoms with van der Waals surface area (Å²) in [5.74, 6) is 0. The maximum absolute atomic E-state index is 12.8. The Morgan fingerprint density at radius 2 is 2.00 bits per heavy atom. The average Bonchev–Trinajstić information content (AvgIpc) is 2.83. The van der Waals surface area contributed by atoms with E-state index in [-0.39, 0.29) is 6.04 Å². The molecule has 21 heavy (non-hydrogen) atoms. The molecule has 0 atom stereocenters. The fraction of sp³-hybridized carbons (Fsp3) is 0.750. The third-order valence-electron chi connectivity index (χ3n) is 4.23. The number of hydrogen-bond donors (Lipinski definition) is 1. The first-order chi connectivity index (χ1) is 10.1. The van der Waals surface area contributed by atoms with Crippen molar-refractivity contribution < 1.29 is 13.7 Å². The van der Waals surface area contributed by atoms with Gasteiger partial charge in [-0.2, -0.15) is 5.10 Å². The lowest BCUT2D eigenvalue weighted by molar-refractivity contribution is -0.386. The van der Waals surface area contributed by atoms with E-state index in [1.165, 1.54) is 4.68 Å². The van der Waals surface area contributed by atoms with Gasteiger partial charge in [0.25, 0.3) is 6.43 Å². The minimum atomic E-state index is -2.92. The van der Waals surface area contributed by atoms with E-state index in [1.54, 1.807) is 0 Å². The van der Waals surface area contributed by atoms with Gasteiger partial charge in [-0.15, -0.1) is 0 Å². The van der Waals surface area contributed by atoms with Crippen LogP contribution in [0.1, 0.15) is 31.0 Å². The summed E-state index contributed by atoms with van der Waals surface area (Å²) in [4.78, 5) is 12.3. The highest BCUT2D eigenvalue weighted by molar-refractivity contribution is 5.33. The molecular weight excluding hydrogens is 284 g/mol. The first-order valence-corrected chi connectivity index (χ1v) is 7.02. The van der Waals surface area contributed by atoms with E-state index in [9.17, 15) is 18.9 Å². The monoisotopic (exact) mass is 301 g/mol. The third kappa shape index (κ3) is 2.75. The Bertz CT molecular complexity index is 524. The second-order valence-electron chi connectivity index (χ2n) is 5.53. The van der Waals surface area contributed by atoms with Crippen LogP contribution in [0.5, 0.6) is 0 Å². The fourth-order valence-electron chi connectivity index (χ4n) is 3.00. The van der Waals surface area contributed by atoms with Gasteiger partial charge in [0.2, 0.25) is 5.69 Å². The van der Waals surface area contributed by atoms with Gasteiger partial charge < -0.3 is 5.32 Å². The molecule has 3 rings (SSSR count). The molecule has 0 amide bonds. The summed E-state index contributed by atoms with van der Waals surface area (Å²) >= 11 is 0. The number of aromatic nitrogens is 2. The van der Waals surface area contributed by atoms with E-state index in [2.05, 4.69) is 15.3 Å². The quantitative estimate of drug-likeness (QED) is 0.671. The molecule has 0 bridgehead atoms. The number of halogens is 2. The molecule has 0 spiro atoms. The molecule has 1 aromatic rings. The van der Waals surface area contributed by atoms with Gasteiger partial charge in [-0.25, -0.2) is 8.78 Å². The van der Waals surface area contributed by atoms with Crippen molar-refractivity contribution in [2.75, 3.05) is 26.2 Å². The Balaban J connectivity index is 1.66. The van der Waals surface area contributed by atoms with Crippen molar-refractivity contribution in [3.8, 4) is 0 Å². The van der Waals surface area contributed by atoms with Gasteiger partial charge in [0.15, 0.2) is 0 Å². The van der Waals surface area contributed by atoms with Gasteiger partial charge in [0, 0.05) is 19.1 Å². The predicted molar refractivity (Wildman–Crippen MR) is 70.3 cm³/mol. The summed E-state index contributed by atoms with van der Waals surface area (Å²) in [6.07, 6.45) is 0.362. The van der Waals surface area contributed by atoms with E-state index in [4.69, 9.17) is 0 Å². The van der Waals surface area contributed by atoms with Crippen LogP contribution in [0.15, 0.2) is 6.20 Å². The molecule has 2 saturated heterocycles. The highest BCUT2D eigenvalue weighted by atomic mass is 19.3. The average molecular weight is 301 g/mol. The maximum atomic E-state index is 12.8. The van der Waals surface area contributed by atoms with Crippen LogP contribution in [-0.4, -0.2) is 51.8 Å². The molecule has 0 radical (unpaired) electrons. The van der Waals surface area contributed by atoms with Crippen LogP contribution >= 0.6 is 0 Å². The fourth-order valence-corrected chi connectivity index (χ4v) is 3.00. The lowest BCUT2D eigenvalue weighted by Crippen LogP contribution is -2.55. The molecule has 2 aliphatic heterocycles. The molecule has 1 aromatic heterocycles. The molecule has 2 fully saturated rings. The molecule has 9 heteroatoms. The summed E-state index contributed by atoms with van der Waals surface area (Å²) in [5, 5.41) is 17.8. The standard InChI is InChI=1S/C12H17F2N5O2/c13-12(14)11-10(19(20)21)7-18(16-11)9-5-17(6-9)8-1-3-15-4-2-8/h7-9,12,15H,1-6H2. The number of nitrogens with one attached hydrogen (secondary N) is 1. The molecule has 7 nitrogen and oxygen atoms in total. The maximum Gasteiger partial charge on any atom is 0.316 e. The third-order valence-corrected chi connectivity index (χ3v) is 4.23. The minimum absolute atomic E-state index is 0.0499. The number of nitrogens with zero attached hydrogens (tertiary/aromatic N) is 4. The van der Waals surface area contributed by atoms with Crippen molar-refractivity contribution in [3.63, 3.8) is 0 Å². The zero-order chi connectivity index (χ0) is 15.0. The van der Waals surface area contributed by atoms with E-state index in [1.807, 2.05) is 0 Å². The molecule has 0 aromatic carbocycles. The van der Waals surface area contributed by atoms with Crippen molar-refractivity contribution in [2.45, 2.75) is 31.4 Å². The van der Waals surface area contributed by atoms with Crippen LogP contribution in [0, 0.1) is 10.1 Å². The first-order valence-electron chi connectivity index (χ1n) is 7.02. The van der Waals surface area contributed by atoms with Gasteiger partial charge in [-0.3, -0.25) is 19.7 Å². The molecule has 0 unspecified atom stereocenters. The van der Waals surface area contributed by atoms with Crippen molar-refractivity contribution >= 4 is 5.69 Å². The van der Waals surface area contributed by atoms with Gasteiger partial charge >= 0.3 is 5.69 Å². The van der Waals surface area contributed by atoms with Crippen LogP contribution in [0.3, 0.4) is 0 Å². The summed E-state index contributed by atoms with van der Waals surface area (Å²) in [6, 6.07) is 0.466. The Morgan fingerprint density at radius 1 is 1.33 bits per heavy atom. The number of hydrogen-bond acceptors (Lipinski definition) is 5. The highest BCUT2D eigenvalue weighted by Gasteiger charge is 2.37. The van der Waals surface area contributed by atoms with Crippen molar-refractivity contribution in [1.82, 2.24) is 20.0 Å². The van der Waals surface area contributed by atoms with Crippen molar-refractivity contribution in [3.05, 3.63) is 22.0 Å². The molecule has 116 valence electrons. The Hall–Kier alpha value is -1.61. The number of nitro groups is 1. The Labute approximate surface area is 120 Å². The van der Waals surface area contributed by atoms with Crippen LogP contribution in [0.4, 0.5) is 14.5 Å². The molecule has 1 N–H and O–H groups in total. The van der Waals surface area contributed by atoms with E-state index < -0.39 is 22.7 Å². The van der Waals surface area contributed by atoms with Gasteiger partial charge in [-0.1, -0.05) is 0 Å². The van der Waals surface area contributed by atoms with E-state index >= 15 is 0 Å². The summed E-state index contributed by atoms with van der Waals surface area (Å²) in [5.41, 5.74) is -1.33. The van der Waals surface area contributed by atoms with Crippen molar-refractivity contribution in [1.29, 1.82) is 0 Å². The number of likely N-dealkylation sites (tertiary alicyclic amines) is 1. The lowest BCUT2D eigenvalue weighted by Gasteiger charge is -2.45. The largest absolute Gasteiger partial charge is 0.317 e. The topological polar surface area (TPSA) is 76.2 Å². The lowest BCUT2D eigenvalue weighted by atomic mass is 9.98. The summed E-state index contributed by atoms with van der Waals surface area (Å²) in [7, 11) is 0. The van der Waals surface area contributed by atoms with Gasteiger partial charge in [0.05, 0.1) is 11.0 Å². The number of rotatable bonds is 4. The number of alkyl halides is 2. The van der Waals surface area contributed by atoms with Gasteiger partial charge in [0.1, 0.15) is 6.20 Å². The van der Waals surface area contributed by atoms with Crippen molar-refractivity contribution in [2.24, 2.45) is 0 Å². The minimum Gasteiger partial charge on any atom is -0.317 e. The van der Waals surface area contributed by atoms with Crippen LogP contribution in [0.2, 0.25) is 0 Å². The zero-order valence-electron chi connectivity index (χ0n) is 11.4. The Morgan fingerprint density at radius 3 is 2.52 bits per heavy atom. The summed E-state index contributed by atoms with van der Waals surface area (Å²) in [6.45, 7) is 3.42. The summed E-state index contributed by atoms with van der Waals surface area (Å²) < 4.78 is 26.8. The van der Waals surface area contributed by atoms with Crippen LogP contribution in [-0.2, 0) is 0 Å². The second kappa shape index (κ2) is 5.64. The normalized spacial score (nSPS) is 21.7. The van der Waals surface area contributed by atoms with Crippen LogP contribution < -0.4 is 5.32 Å². The molecule has 2 aliphatic rings. The molecule has 0 saturated carbocycles. The zero-order valence-corrected chi connectivity index (χ0v) is 11.4. The smallest absolute Gasteiger partial charge is 0.316 e. The molecular formula is C12H17F2N5O2. The first kappa shape index (κ1) is 14.3. The highest BCUT2D eigenvalue weighted by Crippen LogP contribution is 2.32. The SMILES string of the molecule is O=[N+]([O-])c1cn(C2CN(C3CCNCC3)C2)nc1C(F)F. The Kier molecular flexibility index (Phi) is 3.85. The molecule has 3 heterocycles. The number of piperidine rings is 1. The predicted octanol–water partition coefficient (Wildman–Crippen LogP) is 1.34. The van der Waals surface area contributed by atoms with E-state index in [0.717, 1.165) is 32.1 Å². The van der Waals surface area contributed by atoms with Crippen LogP contribution in [0.25, 0.3) is 0 Å². The molecule has 0 aliphatic carbocycles. The van der Waals surface area contributed by atoms with Gasteiger partial charge in [-0.05, 0) is 25.9 Å². The van der Waals surface area contributed by atoms with E-state index in [0.29, 0.717) is 19.1 Å². The second-order valence-corrected chi connectivity index (χ2v) is 5.53.